The Kier molecular flexibility index (Phi) is 5.45. The Morgan fingerprint density at radius 3 is 2.85 bits per heavy atom. The Balaban J connectivity index is 1.87. The molecular weight excluding hydrogens is 378 g/mol. The molecule has 3 aromatic heterocycles. The Labute approximate surface area is 158 Å². The van der Waals surface area contributed by atoms with Gasteiger partial charge in [-0.3, -0.25) is 9.69 Å². The van der Waals surface area contributed by atoms with Crippen molar-refractivity contribution in [3.05, 3.63) is 48.8 Å². The summed E-state index contributed by atoms with van der Waals surface area (Å²) in [6.07, 6.45) is 0. The number of hydrogen-bond acceptors (Lipinski definition) is 7. The summed E-state index contributed by atoms with van der Waals surface area (Å²) in [5.74, 6) is 0.183. The number of aromatic amines is 1. The molecule has 0 aromatic carbocycles. The van der Waals surface area contributed by atoms with E-state index in [0.717, 1.165) is 9.21 Å². The minimum atomic E-state index is -0.588. The van der Waals surface area contributed by atoms with Crippen molar-refractivity contribution >= 4 is 40.0 Å². The molecule has 0 aliphatic heterocycles. The van der Waals surface area contributed by atoms with E-state index < -0.39 is 11.5 Å². The number of fused-ring (bicyclic) bond motifs is 1. The predicted octanol–water partition coefficient (Wildman–Crippen LogP) is 3.35. The first kappa shape index (κ1) is 18.6. The van der Waals surface area contributed by atoms with E-state index in [1.807, 2.05) is 24.1 Å². The molecule has 3 heterocycles. The number of halogens is 1. The molecule has 0 aliphatic rings. The van der Waals surface area contributed by atoms with E-state index in [4.69, 9.17) is 20.8 Å². The number of nitrogens with one attached hydrogen (secondary N) is 1. The lowest BCUT2D eigenvalue weighted by atomic mass is 10.2. The van der Waals surface area contributed by atoms with Gasteiger partial charge in [0.1, 0.15) is 22.5 Å². The number of nitrogens with zero attached hydrogens (tertiary/aromatic N) is 2. The second-order valence-corrected chi connectivity index (χ2v) is 7.62. The fourth-order valence-electron chi connectivity index (χ4n) is 2.70. The highest BCUT2D eigenvalue weighted by molar-refractivity contribution is 7.16. The van der Waals surface area contributed by atoms with Gasteiger partial charge in [-0.15, -0.1) is 11.3 Å². The number of aromatic nitrogens is 2. The van der Waals surface area contributed by atoms with E-state index in [-0.39, 0.29) is 23.3 Å². The van der Waals surface area contributed by atoms with Gasteiger partial charge in [0.2, 0.25) is 5.71 Å². The van der Waals surface area contributed by atoms with Crippen LogP contribution in [-0.4, -0.2) is 34.5 Å². The quantitative estimate of drug-likeness (QED) is 0.644. The topological polar surface area (TPSA) is 88.4 Å². The van der Waals surface area contributed by atoms with Crippen LogP contribution in [0.3, 0.4) is 0 Å². The molecular formula is C17H18ClN3O4S. The highest BCUT2D eigenvalue weighted by Gasteiger charge is 2.23. The molecule has 7 nitrogen and oxygen atoms in total. The summed E-state index contributed by atoms with van der Waals surface area (Å²) >= 11 is 7.45. The first-order chi connectivity index (χ1) is 12.4. The number of carbonyl (C=O) groups excluding carboxylic acids is 1. The monoisotopic (exact) mass is 395 g/mol. The number of furan rings is 1. The fourth-order valence-corrected chi connectivity index (χ4v) is 3.87. The molecule has 0 fully saturated rings. The SMILES string of the molecule is CCOC(=O)c1c(C)oc2nc(CN(C)Cc3ccc(Cl)s3)[nH]c(=O)c12. The first-order valence-corrected chi connectivity index (χ1v) is 9.20. The molecule has 26 heavy (non-hydrogen) atoms. The Morgan fingerprint density at radius 1 is 1.42 bits per heavy atom. The summed E-state index contributed by atoms with van der Waals surface area (Å²) in [5, 5.41) is 0.123. The molecule has 0 amide bonds. The molecule has 0 aliphatic carbocycles. The average molecular weight is 396 g/mol. The molecule has 0 radical (unpaired) electrons. The lowest BCUT2D eigenvalue weighted by Crippen LogP contribution is -2.22. The maximum absolute atomic E-state index is 12.5. The van der Waals surface area contributed by atoms with Crippen molar-refractivity contribution < 1.29 is 13.9 Å². The largest absolute Gasteiger partial charge is 0.462 e. The number of H-pyrrole nitrogens is 1. The van der Waals surface area contributed by atoms with Crippen molar-refractivity contribution in [3.63, 3.8) is 0 Å². The van der Waals surface area contributed by atoms with E-state index in [0.29, 0.717) is 24.7 Å². The maximum atomic E-state index is 12.5. The summed E-state index contributed by atoms with van der Waals surface area (Å²) in [6, 6.07) is 3.81. The van der Waals surface area contributed by atoms with Gasteiger partial charge in [0.05, 0.1) is 17.5 Å². The van der Waals surface area contributed by atoms with Crippen molar-refractivity contribution in [2.75, 3.05) is 13.7 Å². The van der Waals surface area contributed by atoms with Crippen molar-refractivity contribution in [2.45, 2.75) is 26.9 Å². The van der Waals surface area contributed by atoms with E-state index in [9.17, 15) is 9.59 Å². The summed E-state index contributed by atoms with van der Waals surface area (Å²) in [5.41, 5.74) is -0.155. The van der Waals surface area contributed by atoms with Gasteiger partial charge in [0.25, 0.3) is 5.56 Å². The lowest BCUT2D eigenvalue weighted by molar-refractivity contribution is 0.0526. The molecule has 3 aromatic rings. The minimum Gasteiger partial charge on any atom is -0.462 e. The molecule has 1 N–H and O–H groups in total. The highest BCUT2D eigenvalue weighted by atomic mass is 35.5. The summed E-state index contributed by atoms with van der Waals surface area (Å²) in [6.45, 7) is 4.61. The van der Waals surface area contributed by atoms with Gasteiger partial charge in [-0.25, -0.2) is 4.79 Å². The van der Waals surface area contributed by atoms with Crippen molar-refractivity contribution in [2.24, 2.45) is 0 Å². The van der Waals surface area contributed by atoms with Gasteiger partial charge < -0.3 is 14.1 Å². The molecule has 0 unspecified atom stereocenters. The molecule has 9 heteroatoms. The summed E-state index contributed by atoms with van der Waals surface area (Å²) in [7, 11) is 1.91. The summed E-state index contributed by atoms with van der Waals surface area (Å²) < 4.78 is 11.3. The van der Waals surface area contributed by atoms with Crippen molar-refractivity contribution in [3.8, 4) is 0 Å². The van der Waals surface area contributed by atoms with Gasteiger partial charge in [-0.05, 0) is 33.0 Å². The van der Waals surface area contributed by atoms with E-state index >= 15 is 0 Å². The number of carbonyl (C=O) groups is 1. The third kappa shape index (κ3) is 3.82. The van der Waals surface area contributed by atoms with Crippen LogP contribution in [0.1, 0.15) is 33.7 Å². The second kappa shape index (κ2) is 7.61. The number of ether oxygens (including phenoxy) is 1. The average Bonchev–Trinajstić information content (AvgIpc) is 3.10. The van der Waals surface area contributed by atoms with Gasteiger partial charge in [0, 0.05) is 11.4 Å². The van der Waals surface area contributed by atoms with Gasteiger partial charge in [-0.1, -0.05) is 11.6 Å². The smallest absolute Gasteiger partial charge is 0.342 e. The second-order valence-electron chi connectivity index (χ2n) is 5.82. The molecule has 0 saturated heterocycles. The van der Waals surface area contributed by atoms with Gasteiger partial charge in [-0.2, -0.15) is 4.98 Å². The Hall–Kier alpha value is -2.16. The zero-order chi connectivity index (χ0) is 18.8. The van der Waals surface area contributed by atoms with Crippen molar-refractivity contribution in [1.82, 2.24) is 14.9 Å². The molecule has 0 bridgehead atoms. The molecule has 3 rings (SSSR count). The van der Waals surface area contributed by atoms with Crippen LogP contribution < -0.4 is 5.56 Å². The van der Waals surface area contributed by atoms with Crippen LogP contribution in [0, 0.1) is 6.92 Å². The molecule has 0 spiro atoms. The van der Waals surface area contributed by atoms with Crippen molar-refractivity contribution in [1.29, 1.82) is 0 Å². The maximum Gasteiger partial charge on any atom is 0.342 e. The standard InChI is InChI=1S/C17H18ClN3O4S/c1-4-24-17(23)13-9(2)25-16-14(13)15(22)19-12(20-16)8-21(3)7-10-5-6-11(18)26-10/h5-6H,4,7-8H2,1-3H3,(H,19,20,22). The predicted molar refractivity (Wildman–Crippen MR) is 99.8 cm³/mol. The number of thiophene rings is 1. The number of esters is 1. The van der Waals surface area contributed by atoms with Gasteiger partial charge >= 0.3 is 5.97 Å². The van der Waals surface area contributed by atoms with Crippen LogP contribution in [-0.2, 0) is 17.8 Å². The van der Waals surface area contributed by atoms with Crippen LogP contribution in [0.2, 0.25) is 4.34 Å². The van der Waals surface area contributed by atoms with Crippen LogP contribution in [0.4, 0.5) is 0 Å². The first-order valence-electron chi connectivity index (χ1n) is 8.01. The number of hydrogen-bond donors (Lipinski definition) is 1. The highest BCUT2D eigenvalue weighted by Crippen LogP contribution is 2.24. The van der Waals surface area contributed by atoms with Crippen LogP contribution in [0.15, 0.2) is 21.3 Å². The van der Waals surface area contributed by atoms with Crippen LogP contribution >= 0.6 is 22.9 Å². The van der Waals surface area contributed by atoms with E-state index in [2.05, 4.69) is 9.97 Å². The fraction of sp³-hybridized carbons (Fsp3) is 0.353. The molecule has 0 saturated carbocycles. The van der Waals surface area contributed by atoms with E-state index in [1.54, 1.807) is 13.8 Å². The number of rotatable bonds is 6. The minimum absolute atomic E-state index is 0.123. The Bertz CT molecular complexity index is 1010. The van der Waals surface area contributed by atoms with Crippen LogP contribution in [0.25, 0.3) is 11.1 Å². The normalized spacial score (nSPS) is 11.4. The third-order valence-corrected chi connectivity index (χ3v) is 4.96. The lowest BCUT2D eigenvalue weighted by Gasteiger charge is -2.14. The third-order valence-electron chi connectivity index (χ3n) is 3.74. The number of aryl methyl sites for hydroxylation is 1. The van der Waals surface area contributed by atoms with Crippen LogP contribution in [0.5, 0.6) is 0 Å². The zero-order valence-corrected chi connectivity index (χ0v) is 16.2. The summed E-state index contributed by atoms with van der Waals surface area (Å²) in [4.78, 5) is 34.7. The Morgan fingerprint density at radius 2 is 2.19 bits per heavy atom. The van der Waals surface area contributed by atoms with Gasteiger partial charge in [0.15, 0.2) is 0 Å². The zero-order valence-electron chi connectivity index (χ0n) is 14.6. The molecule has 138 valence electrons. The molecule has 0 atom stereocenters. The van der Waals surface area contributed by atoms with E-state index in [1.165, 1.54) is 11.3 Å².